The second-order valence-electron chi connectivity index (χ2n) is 7.52. The number of amides is 2. The second kappa shape index (κ2) is 7.74. The van der Waals surface area contributed by atoms with Gasteiger partial charge in [-0.15, -0.1) is 0 Å². The largest absolute Gasteiger partial charge is 0.380 e. The van der Waals surface area contributed by atoms with E-state index in [9.17, 15) is 4.79 Å². The van der Waals surface area contributed by atoms with Crippen LogP contribution in [0.2, 0.25) is 0 Å². The molecule has 1 atom stereocenters. The van der Waals surface area contributed by atoms with Gasteiger partial charge in [-0.3, -0.25) is 4.68 Å². The summed E-state index contributed by atoms with van der Waals surface area (Å²) in [5.41, 5.74) is 3.31. The first-order valence-electron chi connectivity index (χ1n) is 9.25. The topological polar surface area (TPSA) is 62.6 Å². The number of hydrogen-bond donors (Lipinski definition) is 1. The summed E-state index contributed by atoms with van der Waals surface area (Å²) < 4.78 is 7.54. The van der Waals surface area contributed by atoms with E-state index in [4.69, 9.17) is 4.74 Å². The predicted octanol–water partition coefficient (Wildman–Crippen LogP) is 1.29. The lowest BCUT2D eigenvalue weighted by molar-refractivity contribution is 0.121. The highest BCUT2D eigenvalue weighted by Gasteiger charge is 2.34. The normalized spacial score (nSPS) is 21.8. The van der Waals surface area contributed by atoms with Crippen LogP contribution in [0.15, 0.2) is 0 Å². The molecule has 1 saturated carbocycles. The molecule has 1 N–H and O–H groups in total. The Kier molecular flexibility index (Phi) is 5.64. The van der Waals surface area contributed by atoms with Gasteiger partial charge in [0, 0.05) is 49.9 Å². The fourth-order valence-corrected chi connectivity index (χ4v) is 3.48. The van der Waals surface area contributed by atoms with Crippen LogP contribution in [0.25, 0.3) is 0 Å². The SMILES string of the molecule is Cc1nn(C)c(C)c1CN(C(=O)NCC1COCCN(C)C1)C1CC1. The van der Waals surface area contributed by atoms with Crippen LogP contribution in [-0.4, -0.2) is 71.5 Å². The van der Waals surface area contributed by atoms with Gasteiger partial charge in [0.25, 0.3) is 0 Å². The summed E-state index contributed by atoms with van der Waals surface area (Å²) in [6.45, 7) is 8.80. The lowest BCUT2D eigenvalue weighted by atomic mass is 10.1. The van der Waals surface area contributed by atoms with Crippen molar-refractivity contribution >= 4 is 6.03 Å². The Bertz CT molecular complexity index is 611. The third-order valence-electron chi connectivity index (χ3n) is 5.32. The van der Waals surface area contributed by atoms with Gasteiger partial charge in [0.1, 0.15) is 0 Å². The molecule has 7 heteroatoms. The summed E-state index contributed by atoms with van der Waals surface area (Å²) in [5.74, 6) is 0.347. The van der Waals surface area contributed by atoms with Crippen molar-refractivity contribution in [3.05, 3.63) is 17.0 Å². The van der Waals surface area contributed by atoms with Gasteiger partial charge in [-0.25, -0.2) is 4.79 Å². The molecule has 7 nitrogen and oxygen atoms in total. The number of rotatable bonds is 5. The summed E-state index contributed by atoms with van der Waals surface area (Å²) in [6, 6.07) is 0.407. The van der Waals surface area contributed by atoms with Gasteiger partial charge in [-0.1, -0.05) is 0 Å². The molecule has 0 radical (unpaired) electrons. The molecule has 2 amide bonds. The van der Waals surface area contributed by atoms with E-state index in [0.717, 1.165) is 50.5 Å². The van der Waals surface area contributed by atoms with Crippen molar-refractivity contribution in [2.24, 2.45) is 13.0 Å². The predicted molar refractivity (Wildman–Crippen MR) is 96.5 cm³/mol. The number of ether oxygens (including phenoxy) is 1. The van der Waals surface area contributed by atoms with Crippen LogP contribution in [0.3, 0.4) is 0 Å². The maximum absolute atomic E-state index is 12.8. The van der Waals surface area contributed by atoms with E-state index in [-0.39, 0.29) is 6.03 Å². The van der Waals surface area contributed by atoms with Crippen LogP contribution in [0.1, 0.15) is 29.8 Å². The van der Waals surface area contributed by atoms with Crippen molar-refractivity contribution in [1.29, 1.82) is 0 Å². The van der Waals surface area contributed by atoms with Gasteiger partial charge in [-0.2, -0.15) is 5.10 Å². The van der Waals surface area contributed by atoms with E-state index >= 15 is 0 Å². The fraction of sp³-hybridized carbons (Fsp3) is 0.778. The molecular formula is C18H31N5O2. The third kappa shape index (κ3) is 4.52. The van der Waals surface area contributed by atoms with Crippen LogP contribution in [-0.2, 0) is 18.3 Å². The minimum absolute atomic E-state index is 0.0389. The van der Waals surface area contributed by atoms with Crippen molar-refractivity contribution in [1.82, 2.24) is 24.9 Å². The van der Waals surface area contributed by atoms with Crippen molar-refractivity contribution in [2.75, 3.05) is 39.9 Å². The lowest BCUT2D eigenvalue weighted by Crippen LogP contribution is -2.44. The summed E-state index contributed by atoms with van der Waals surface area (Å²) in [7, 11) is 4.06. The molecule has 25 heavy (non-hydrogen) atoms. The Labute approximate surface area is 150 Å². The number of urea groups is 1. The molecule has 0 spiro atoms. The molecule has 2 aliphatic rings. The molecule has 1 saturated heterocycles. The minimum Gasteiger partial charge on any atom is -0.380 e. The minimum atomic E-state index is 0.0389. The van der Waals surface area contributed by atoms with E-state index in [1.165, 1.54) is 5.56 Å². The van der Waals surface area contributed by atoms with Gasteiger partial charge in [0.05, 0.1) is 25.5 Å². The van der Waals surface area contributed by atoms with Crippen molar-refractivity contribution in [3.63, 3.8) is 0 Å². The average Bonchev–Trinajstić information content (AvgIpc) is 3.38. The summed E-state index contributed by atoms with van der Waals surface area (Å²) in [5, 5.41) is 7.62. The third-order valence-corrected chi connectivity index (χ3v) is 5.32. The standard InChI is InChI=1S/C18H31N5O2/c1-13-17(14(2)22(4)20-13)11-23(16-5-6-16)18(24)19-9-15-10-21(3)7-8-25-12-15/h15-16H,5-12H2,1-4H3,(H,19,24). The van der Waals surface area contributed by atoms with E-state index < -0.39 is 0 Å². The zero-order chi connectivity index (χ0) is 18.0. The second-order valence-corrected chi connectivity index (χ2v) is 7.52. The van der Waals surface area contributed by atoms with Crippen LogP contribution in [0.4, 0.5) is 4.79 Å². The van der Waals surface area contributed by atoms with Crippen molar-refractivity contribution < 1.29 is 9.53 Å². The Morgan fingerprint density at radius 2 is 2.12 bits per heavy atom. The zero-order valence-corrected chi connectivity index (χ0v) is 15.9. The van der Waals surface area contributed by atoms with E-state index in [0.29, 0.717) is 25.0 Å². The molecule has 1 aliphatic carbocycles. The Balaban J connectivity index is 1.59. The number of carbonyl (C=O) groups is 1. The number of likely N-dealkylation sites (N-methyl/N-ethyl adjacent to an activating group) is 1. The molecule has 1 aromatic rings. The van der Waals surface area contributed by atoms with Gasteiger partial charge in [-0.05, 0) is 33.7 Å². The van der Waals surface area contributed by atoms with E-state index in [1.807, 2.05) is 23.6 Å². The molecule has 0 bridgehead atoms. The highest BCUT2D eigenvalue weighted by molar-refractivity contribution is 5.75. The van der Waals surface area contributed by atoms with Gasteiger partial charge >= 0.3 is 6.03 Å². The summed E-state index contributed by atoms with van der Waals surface area (Å²) >= 11 is 0. The fourth-order valence-electron chi connectivity index (χ4n) is 3.48. The number of nitrogens with zero attached hydrogens (tertiary/aromatic N) is 4. The molecule has 0 aromatic carbocycles. The molecule has 2 fully saturated rings. The number of carbonyl (C=O) groups excluding carboxylic acids is 1. The number of hydrogen-bond acceptors (Lipinski definition) is 4. The molecular weight excluding hydrogens is 318 g/mol. The number of aromatic nitrogens is 2. The quantitative estimate of drug-likeness (QED) is 0.870. The lowest BCUT2D eigenvalue weighted by Gasteiger charge is -2.25. The maximum Gasteiger partial charge on any atom is 0.317 e. The average molecular weight is 349 g/mol. The van der Waals surface area contributed by atoms with Gasteiger partial charge in [0.15, 0.2) is 0 Å². The first kappa shape index (κ1) is 18.2. The summed E-state index contributed by atoms with van der Waals surface area (Å²) in [6.07, 6.45) is 2.20. The zero-order valence-electron chi connectivity index (χ0n) is 15.9. The molecule has 140 valence electrons. The molecule has 3 rings (SSSR count). The van der Waals surface area contributed by atoms with Crippen LogP contribution in [0, 0.1) is 19.8 Å². The van der Waals surface area contributed by atoms with Gasteiger partial charge < -0.3 is 19.9 Å². The number of nitrogens with one attached hydrogen (secondary N) is 1. The van der Waals surface area contributed by atoms with Gasteiger partial charge in [0.2, 0.25) is 0 Å². The smallest absolute Gasteiger partial charge is 0.317 e. The first-order chi connectivity index (χ1) is 12.0. The number of aryl methyl sites for hydroxylation is 2. The van der Waals surface area contributed by atoms with Crippen LogP contribution >= 0.6 is 0 Å². The Morgan fingerprint density at radius 1 is 1.36 bits per heavy atom. The maximum atomic E-state index is 12.8. The Hall–Kier alpha value is -1.60. The molecule has 1 aromatic heterocycles. The molecule has 2 heterocycles. The van der Waals surface area contributed by atoms with Crippen LogP contribution in [0.5, 0.6) is 0 Å². The van der Waals surface area contributed by atoms with Crippen molar-refractivity contribution in [2.45, 2.75) is 39.3 Å². The Morgan fingerprint density at radius 3 is 2.76 bits per heavy atom. The molecule has 1 aliphatic heterocycles. The first-order valence-corrected chi connectivity index (χ1v) is 9.25. The van der Waals surface area contributed by atoms with E-state index in [1.54, 1.807) is 0 Å². The highest BCUT2D eigenvalue weighted by atomic mass is 16.5. The van der Waals surface area contributed by atoms with E-state index in [2.05, 4.69) is 29.3 Å². The summed E-state index contributed by atoms with van der Waals surface area (Å²) in [4.78, 5) is 17.1. The highest BCUT2D eigenvalue weighted by Crippen LogP contribution is 2.29. The monoisotopic (exact) mass is 349 g/mol. The van der Waals surface area contributed by atoms with Crippen LogP contribution < -0.4 is 5.32 Å². The molecule has 1 unspecified atom stereocenters. The van der Waals surface area contributed by atoms with Crippen molar-refractivity contribution in [3.8, 4) is 0 Å².